The smallest absolute Gasteiger partial charge is 0.305 e. The first-order chi connectivity index (χ1) is 6.39. The summed E-state index contributed by atoms with van der Waals surface area (Å²) in [5.74, 6) is -0.280. The van der Waals surface area contributed by atoms with Gasteiger partial charge in [-0.15, -0.1) is 6.42 Å². The number of allylic oxidation sites excluding steroid dienone is 2. The largest absolute Gasteiger partial charge is 0.421 e. The topological polar surface area (TPSA) is 46.5 Å². The average Bonchev–Trinajstić information content (AvgIpc) is 2.02. The van der Waals surface area contributed by atoms with Gasteiger partial charge in [-0.05, 0) is 26.2 Å². The van der Waals surface area contributed by atoms with Crippen molar-refractivity contribution < 1.29 is 14.6 Å². The van der Waals surface area contributed by atoms with Crippen molar-refractivity contribution in [1.82, 2.24) is 0 Å². The van der Waals surface area contributed by atoms with Crippen molar-refractivity contribution in [2.45, 2.75) is 39.4 Å². The molecule has 0 radical (unpaired) electrons. The van der Waals surface area contributed by atoms with E-state index in [9.17, 15) is 9.90 Å². The Morgan fingerprint density at radius 3 is 2.50 bits per heavy atom. The normalized spacial score (nSPS) is 13.6. The second-order valence-corrected chi connectivity index (χ2v) is 3.34. The number of hydrogen-bond donors (Lipinski definition) is 1. The molecule has 14 heavy (non-hydrogen) atoms. The van der Waals surface area contributed by atoms with E-state index in [4.69, 9.17) is 6.42 Å². The fourth-order valence-electron chi connectivity index (χ4n) is 0.947. The molecule has 0 saturated heterocycles. The van der Waals surface area contributed by atoms with Crippen molar-refractivity contribution in [3.63, 3.8) is 0 Å². The van der Waals surface area contributed by atoms with Crippen LogP contribution in [0.4, 0.5) is 0 Å². The maximum atomic E-state index is 10.6. The Morgan fingerprint density at radius 1 is 1.57 bits per heavy atom. The van der Waals surface area contributed by atoms with Crippen LogP contribution in [0.1, 0.15) is 33.6 Å². The van der Waals surface area contributed by atoms with Crippen LogP contribution in [0.3, 0.4) is 0 Å². The maximum absolute atomic E-state index is 10.6. The van der Waals surface area contributed by atoms with E-state index in [1.54, 1.807) is 0 Å². The summed E-state index contributed by atoms with van der Waals surface area (Å²) in [5.41, 5.74) is 1.13. The van der Waals surface area contributed by atoms with Gasteiger partial charge in [0.15, 0.2) is 0 Å². The number of carbonyl (C=O) groups excluding carboxylic acids is 1. The molecule has 0 amide bonds. The summed E-state index contributed by atoms with van der Waals surface area (Å²) in [4.78, 5) is 10.6. The Balaban J connectivity index is 4.21. The monoisotopic (exact) mass is 196 g/mol. The van der Waals surface area contributed by atoms with Gasteiger partial charge in [0.25, 0.3) is 5.79 Å². The molecule has 0 aliphatic rings. The Labute approximate surface area is 84.8 Å². The molecule has 0 aromatic rings. The number of rotatable bonds is 4. The summed E-state index contributed by atoms with van der Waals surface area (Å²) in [6.45, 7) is 5.10. The van der Waals surface area contributed by atoms with Gasteiger partial charge in [0.2, 0.25) is 0 Å². The lowest BCUT2D eigenvalue weighted by Gasteiger charge is -2.20. The van der Waals surface area contributed by atoms with E-state index < -0.39 is 11.8 Å². The minimum Gasteiger partial charge on any atom is -0.421 e. The minimum atomic E-state index is -1.77. The maximum Gasteiger partial charge on any atom is 0.305 e. The van der Waals surface area contributed by atoms with Crippen LogP contribution in [0.25, 0.3) is 0 Å². The third-order valence-corrected chi connectivity index (χ3v) is 1.57. The van der Waals surface area contributed by atoms with Crippen LogP contribution in [-0.4, -0.2) is 16.9 Å². The van der Waals surface area contributed by atoms with Gasteiger partial charge in [0, 0.05) is 13.3 Å². The lowest BCUT2D eigenvalue weighted by atomic mass is 10.1. The van der Waals surface area contributed by atoms with Crippen molar-refractivity contribution >= 4 is 5.97 Å². The highest BCUT2D eigenvalue weighted by Gasteiger charge is 2.26. The predicted octanol–water partition coefficient (Wildman–Crippen LogP) is 1.62. The summed E-state index contributed by atoms with van der Waals surface area (Å²) in [6.07, 6.45) is 7.79. The Bertz CT molecular complexity index is 269. The molecular formula is C11H16O3. The van der Waals surface area contributed by atoms with Crippen molar-refractivity contribution in [2.75, 3.05) is 0 Å². The molecular weight excluding hydrogens is 180 g/mol. The van der Waals surface area contributed by atoms with Gasteiger partial charge in [-0.1, -0.05) is 11.6 Å². The highest BCUT2D eigenvalue weighted by Crippen LogP contribution is 2.15. The lowest BCUT2D eigenvalue weighted by molar-refractivity contribution is -0.186. The Hall–Kier alpha value is -1.27. The molecule has 0 aromatic heterocycles. The van der Waals surface area contributed by atoms with E-state index >= 15 is 0 Å². The van der Waals surface area contributed by atoms with Crippen LogP contribution < -0.4 is 0 Å². The van der Waals surface area contributed by atoms with Crippen molar-refractivity contribution in [2.24, 2.45) is 0 Å². The molecule has 0 fully saturated rings. The third-order valence-electron chi connectivity index (χ3n) is 1.57. The molecule has 0 spiro atoms. The fourth-order valence-corrected chi connectivity index (χ4v) is 0.947. The molecule has 0 aliphatic carbocycles. The fraction of sp³-hybridized carbons (Fsp3) is 0.545. The summed E-state index contributed by atoms with van der Waals surface area (Å²) < 4.78 is 4.62. The van der Waals surface area contributed by atoms with Crippen molar-refractivity contribution in [3.8, 4) is 12.3 Å². The Morgan fingerprint density at radius 2 is 2.14 bits per heavy atom. The Kier molecular flexibility index (Phi) is 4.96. The van der Waals surface area contributed by atoms with Gasteiger partial charge in [-0.3, -0.25) is 4.79 Å². The molecule has 1 atom stereocenters. The van der Waals surface area contributed by atoms with E-state index in [-0.39, 0.29) is 6.42 Å². The summed E-state index contributed by atoms with van der Waals surface area (Å²) in [5, 5.41) is 9.59. The zero-order valence-electron chi connectivity index (χ0n) is 8.83. The van der Waals surface area contributed by atoms with Crippen LogP contribution in [0.15, 0.2) is 11.6 Å². The standard InChI is InChI=1S/C11H16O3/c1-5-11(13,14-10(4)12)8-6-7-9(2)3/h1,7,13H,6,8H2,2-4H3. The average molecular weight is 196 g/mol. The van der Waals surface area contributed by atoms with Gasteiger partial charge in [0.05, 0.1) is 0 Å². The molecule has 1 unspecified atom stereocenters. The minimum absolute atomic E-state index is 0.217. The number of hydrogen-bond acceptors (Lipinski definition) is 3. The van der Waals surface area contributed by atoms with E-state index in [2.05, 4.69) is 10.7 Å². The first-order valence-corrected chi connectivity index (χ1v) is 4.43. The highest BCUT2D eigenvalue weighted by atomic mass is 16.7. The van der Waals surface area contributed by atoms with Gasteiger partial charge < -0.3 is 9.84 Å². The van der Waals surface area contributed by atoms with Gasteiger partial charge >= 0.3 is 5.97 Å². The zero-order valence-corrected chi connectivity index (χ0v) is 8.83. The summed E-state index contributed by atoms with van der Waals surface area (Å²) in [6, 6.07) is 0. The molecule has 0 aromatic carbocycles. The number of ether oxygens (including phenoxy) is 1. The zero-order chi connectivity index (χ0) is 11.2. The molecule has 3 heteroatoms. The van der Waals surface area contributed by atoms with E-state index in [1.807, 2.05) is 19.9 Å². The molecule has 0 rings (SSSR count). The third kappa shape index (κ3) is 5.39. The van der Waals surface area contributed by atoms with E-state index in [0.29, 0.717) is 6.42 Å². The quantitative estimate of drug-likeness (QED) is 0.321. The second-order valence-electron chi connectivity index (χ2n) is 3.34. The molecule has 0 heterocycles. The van der Waals surface area contributed by atoms with Crippen LogP contribution >= 0.6 is 0 Å². The number of esters is 1. The van der Waals surface area contributed by atoms with Crippen LogP contribution in [0.5, 0.6) is 0 Å². The van der Waals surface area contributed by atoms with Crippen molar-refractivity contribution in [1.29, 1.82) is 0 Å². The summed E-state index contributed by atoms with van der Waals surface area (Å²) >= 11 is 0. The number of carbonyl (C=O) groups is 1. The SMILES string of the molecule is C#CC(O)(CCC=C(C)C)OC(C)=O. The van der Waals surface area contributed by atoms with E-state index in [0.717, 1.165) is 5.57 Å². The summed E-state index contributed by atoms with van der Waals surface area (Å²) in [7, 11) is 0. The number of terminal acetylenes is 1. The molecule has 1 N–H and O–H groups in total. The molecule has 3 nitrogen and oxygen atoms in total. The van der Waals surface area contributed by atoms with Gasteiger partial charge in [-0.25, -0.2) is 0 Å². The highest BCUT2D eigenvalue weighted by molar-refractivity contribution is 5.66. The van der Waals surface area contributed by atoms with Crippen molar-refractivity contribution in [3.05, 3.63) is 11.6 Å². The van der Waals surface area contributed by atoms with E-state index in [1.165, 1.54) is 6.92 Å². The van der Waals surface area contributed by atoms with Gasteiger partial charge in [0.1, 0.15) is 0 Å². The first kappa shape index (κ1) is 12.7. The molecule has 0 aliphatic heterocycles. The molecule has 0 saturated carbocycles. The van der Waals surface area contributed by atoms with Crippen LogP contribution in [-0.2, 0) is 9.53 Å². The second kappa shape index (κ2) is 5.46. The van der Waals surface area contributed by atoms with Crippen LogP contribution in [0.2, 0.25) is 0 Å². The molecule has 78 valence electrons. The first-order valence-electron chi connectivity index (χ1n) is 4.43. The lowest BCUT2D eigenvalue weighted by Crippen LogP contribution is -2.32. The van der Waals surface area contributed by atoms with Gasteiger partial charge in [-0.2, -0.15) is 0 Å². The van der Waals surface area contributed by atoms with Crippen LogP contribution in [0, 0.1) is 12.3 Å². The number of aliphatic hydroxyl groups is 1. The predicted molar refractivity (Wildman–Crippen MR) is 54.2 cm³/mol. The molecule has 0 bridgehead atoms.